The molecule has 8 N–H and O–H groups in total. The predicted molar refractivity (Wildman–Crippen MR) is 295 cm³/mol. The Hall–Kier alpha value is -2.73. The highest BCUT2D eigenvalue weighted by Gasteiger charge is 2.45. The lowest BCUT2D eigenvalue weighted by molar-refractivity contribution is -0.144. The second-order valence-corrected chi connectivity index (χ2v) is 27.8. The van der Waals surface area contributed by atoms with E-state index in [0.717, 1.165) is 69.3 Å². The van der Waals surface area contributed by atoms with Crippen LogP contribution in [0.2, 0.25) is 0 Å². The number of hydrogen-bond acceptors (Lipinski definition) is 14. The number of carbonyl (C=O) groups is 6. The van der Waals surface area contributed by atoms with E-state index in [9.17, 15) is 42.3 Å². The Kier molecular flexibility index (Phi) is 24.6. The number of rotatable bonds is 27. The molecule has 4 aliphatic heterocycles. The molecule has 19 nitrogen and oxygen atoms in total. The molecule has 2 aliphatic carbocycles. The molecule has 6 amide bonds. The minimum atomic E-state index is -3.42. The Labute approximate surface area is 456 Å². The van der Waals surface area contributed by atoms with Gasteiger partial charge in [0.15, 0.2) is 0 Å². The lowest BCUT2D eigenvalue weighted by atomic mass is 9.79. The molecule has 0 aromatic heterocycles. The zero-order valence-electron chi connectivity index (χ0n) is 45.7. The number of sulfonamides is 1. The summed E-state index contributed by atoms with van der Waals surface area (Å²) in [6, 6.07) is -1.64. The van der Waals surface area contributed by atoms with Gasteiger partial charge in [0.2, 0.25) is 45.5 Å². The van der Waals surface area contributed by atoms with Gasteiger partial charge in [-0.2, -0.15) is 0 Å². The Morgan fingerprint density at radius 3 is 2.21 bits per heavy atom. The molecule has 0 radical (unpaired) electrons. The minimum absolute atomic E-state index is 0.0511. The first kappa shape index (κ1) is 61.5. The van der Waals surface area contributed by atoms with E-state index in [4.69, 9.17) is 4.74 Å². The highest BCUT2D eigenvalue weighted by Crippen LogP contribution is 2.39. The van der Waals surface area contributed by atoms with Gasteiger partial charge in [0.25, 0.3) is 0 Å². The first-order chi connectivity index (χ1) is 35.8. The van der Waals surface area contributed by atoms with Crippen molar-refractivity contribution in [3.8, 4) is 0 Å². The average molecular weight is 1110 g/mol. The molecule has 428 valence electrons. The lowest BCUT2D eigenvalue weighted by Gasteiger charge is -2.36. The second kappa shape index (κ2) is 30.0. The van der Waals surface area contributed by atoms with Gasteiger partial charge < -0.3 is 46.6 Å². The molecule has 6 aliphatic rings. The number of aliphatic hydroxyl groups is 1. The minimum Gasteiger partial charge on any atom is -0.391 e. The molecule has 4 saturated heterocycles. The summed E-state index contributed by atoms with van der Waals surface area (Å²) in [5.41, 5.74) is -0.885. The van der Waals surface area contributed by atoms with Crippen molar-refractivity contribution in [3.05, 3.63) is 0 Å². The third-order valence-corrected chi connectivity index (χ3v) is 20.4. The zero-order valence-corrected chi connectivity index (χ0v) is 48.1. The fourth-order valence-corrected chi connectivity index (χ4v) is 15.4. The number of hydrogen-bond donors (Lipinski definition) is 8. The molecule has 4 heterocycles. The molecule has 6 rings (SSSR count). The highest BCUT2D eigenvalue weighted by molar-refractivity contribution is 8.00. The van der Waals surface area contributed by atoms with Gasteiger partial charge in [-0.25, -0.2) is 12.7 Å². The highest BCUT2D eigenvalue weighted by atomic mass is 32.2. The van der Waals surface area contributed by atoms with E-state index in [0.29, 0.717) is 74.0 Å². The maximum absolute atomic E-state index is 14.1. The summed E-state index contributed by atoms with van der Waals surface area (Å²) in [5.74, 6) is 1.51. The van der Waals surface area contributed by atoms with E-state index >= 15 is 0 Å². The Morgan fingerprint density at radius 1 is 0.800 bits per heavy atom. The van der Waals surface area contributed by atoms with E-state index in [1.807, 2.05) is 32.5 Å². The average Bonchev–Trinajstić information content (AvgIpc) is 4.22. The van der Waals surface area contributed by atoms with Crippen LogP contribution in [0.25, 0.3) is 0 Å². The number of amides is 6. The van der Waals surface area contributed by atoms with Crippen LogP contribution in [0, 0.1) is 29.1 Å². The molecule has 9 atom stereocenters. The standard InChI is InChI=1S/C53H93N9O10S3/c1-35-46(74-34-56-35)38-21-19-36(20-22-38)30-55-50(68)43-29-40(63)32-62(43)51(69)47(53(2,3)4)59-45(65)17-12-7-6-8-13-25-54-44(64)18-14-27-72-28-24-41(57-48(66)39-23-26-61(31-39)75(5,70)71)49(67)60-52-58-42(33-73-52)37-15-10-9-11-16-37/h35-43,46-47,52,56,58,63H,6-34H2,1-5H3,(H,54,64)(H,55,68)(H,57,66)(H,59,65)(H,60,67)/t35?,36?,38?,39?,40-,41+,42?,43+,46?,47-,52?/m1/s1. The summed E-state index contributed by atoms with van der Waals surface area (Å²) in [6.45, 7) is 9.94. The maximum atomic E-state index is 14.1. The van der Waals surface area contributed by atoms with E-state index in [1.165, 1.54) is 41.3 Å². The third-order valence-electron chi connectivity index (χ3n) is 16.4. The molecule has 75 heavy (non-hydrogen) atoms. The van der Waals surface area contributed by atoms with E-state index in [1.54, 1.807) is 11.8 Å². The van der Waals surface area contributed by atoms with Crippen molar-refractivity contribution in [1.29, 1.82) is 0 Å². The van der Waals surface area contributed by atoms with Crippen LogP contribution in [0.3, 0.4) is 0 Å². The fourth-order valence-electron chi connectivity index (χ4n) is 11.8. The summed E-state index contributed by atoms with van der Waals surface area (Å²) in [4.78, 5) is 81.7. The molecule has 2 saturated carbocycles. The zero-order chi connectivity index (χ0) is 54.1. The fraction of sp³-hybridized carbons (Fsp3) is 0.887. The Morgan fingerprint density at radius 2 is 1.52 bits per heavy atom. The van der Waals surface area contributed by atoms with Crippen LogP contribution in [-0.4, -0.2) is 169 Å². The smallest absolute Gasteiger partial charge is 0.246 e. The van der Waals surface area contributed by atoms with Crippen molar-refractivity contribution < 1.29 is 47.0 Å². The maximum Gasteiger partial charge on any atom is 0.246 e. The van der Waals surface area contributed by atoms with Crippen LogP contribution in [-0.2, 0) is 43.5 Å². The van der Waals surface area contributed by atoms with Crippen molar-refractivity contribution in [2.45, 2.75) is 203 Å². The van der Waals surface area contributed by atoms with E-state index < -0.39 is 45.6 Å². The van der Waals surface area contributed by atoms with Gasteiger partial charge >= 0.3 is 0 Å². The number of unbranched alkanes of at least 4 members (excludes halogenated alkanes) is 4. The summed E-state index contributed by atoms with van der Waals surface area (Å²) in [5, 5.41) is 33.4. The van der Waals surface area contributed by atoms with Crippen LogP contribution in [0.5, 0.6) is 0 Å². The number of carbonyl (C=O) groups excluding carboxylic acids is 6. The van der Waals surface area contributed by atoms with Gasteiger partial charge in [-0.1, -0.05) is 59.3 Å². The number of likely N-dealkylation sites (tertiary alicyclic amines) is 1. The van der Waals surface area contributed by atoms with Crippen molar-refractivity contribution in [1.82, 2.24) is 46.4 Å². The van der Waals surface area contributed by atoms with Gasteiger partial charge in [0.05, 0.1) is 18.3 Å². The summed E-state index contributed by atoms with van der Waals surface area (Å²) < 4.78 is 31.3. The van der Waals surface area contributed by atoms with Crippen molar-refractivity contribution in [2.75, 3.05) is 63.8 Å². The molecule has 0 aromatic carbocycles. The first-order valence-corrected chi connectivity index (χ1v) is 32.4. The summed E-state index contributed by atoms with van der Waals surface area (Å²) >= 11 is 3.68. The molecule has 0 aromatic rings. The van der Waals surface area contributed by atoms with Crippen LogP contribution >= 0.6 is 23.5 Å². The summed E-state index contributed by atoms with van der Waals surface area (Å²) in [6.07, 6.45) is 16.7. The second-order valence-electron chi connectivity index (χ2n) is 23.5. The number of nitrogens with one attached hydrogen (secondary N) is 7. The van der Waals surface area contributed by atoms with Gasteiger partial charge in [0.1, 0.15) is 23.6 Å². The van der Waals surface area contributed by atoms with Crippen molar-refractivity contribution in [3.63, 3.8) is 0 Å². The van der Waals surface area contributed by atoms with Crippen molar-refractivity contribution >= 4 is 69.0 Å². The largest absolute Gasteiger partial charge is 0.391 e. The quantitative estimate of drug-likeness (QED) is 0.0548. The molecule has 22 heteroatoms. The third kappa shape index (κ3) is 19.5. The Bertz CT molecular complexity index is 1990. The molecular weight excluding hydrogens is 1020 g/mol. The predicted octanol–water partition coefficient (Wildman–Crippen LogP) is 3.55. The van der Waals surface area contributed by atoms with Gasteiger partial charge in [0, 0.05) is 94.2 Å². The molecule has 5 unspecified atom stereocenters. The van der Waals surface area contributed by atoms with E-state index in [2.05, 4.69) is 44.1 Å². The molecule has 6 fully saturated rings. The van der Waals surface area contributed by atoms with Crippen LogP contribution < -0.4 is 37.2 Å². The number of nitrogens with zero attached hydrogens (tertiary/aromatic N) is 2. The van der Waals surface area contributed by atoms with Gasteiger partial charge in [-0.3, -0.25) is 34.1 Å². The molecule has 0 spiro atoms. The van der Waals surface area contributed by atoms with Crippen LogP contribution in [0.4, 0.5) is 0 Å². The monoisotopic (exact) mass is 1110 g/mol. The number of β-amino-alcohol motifs (C(OH)–C–C–N with tert-alkyl or cyclic N) is 1. The lowest BCUT2D eigenvalue weighted by Crippen LogP contribution is -2.58. The van der Waals surface area contributed by atoms with Gasteiger partial charge in [-0.15, -0.1) is 23.5 Å². The number of thioether (sulfide) groups is 2. The van der Waals surface area contributed by atoms with Gasteiger partial charge in [-0.05, 0) is 101 Å². The number of aliphatic hydroxyl groups excluding tert-OH is 1. The SMILES string of the molecule is CC1NCSC1C1CCC(CNC(=O)[C@@H]2C[C@@H](O)CN2C(=O)[C@@H](NC(=O)CCCCCCCNC(=O)CCCOCC[C@H](NC(=O)C2CCN(S(C)(=O)=O)C2)C(=O)NC2NC(C3CCCCC3)CS2)C(C)(C)C)CC1. The first-order valence-electron chi connectivity index (χ1n) is 28.4. The van der Waals surface area contributed by atoms with Crippen LogP contribution in [0.1, 0.15) is 156 Å². The van der Waals surface area contributed by atoms with Crippen LogP contribution in [0.15, 0.2) is 0 Å². The normalized spacial score (nSPS) is 28.7. The van der Waals surface area contributed by atoms with Crippen molar-refractivity contribution in [2.24, 2.45) is 29.1 Å². The van der Waals surface area contributed by atoms with E-state index in [-0.39, 0.29) is 92.9 Å². The number of ether oxygens (including phenoxy) is 1. The topological polar surface area (TPSA) is 257 Å². The molecule has 0 bridgehead atoms. The summed E-state index contributed by atoms with van der Waals surface area (Å²) in [7, 11) is -3.42. The Balaban J connectivity index is 0.815. The molecular formula is C53H93N9O10S3.